The first kappa shape index (κ1) is 24.5. The number of nitrogens with zero attached hydrogens (tertiary/aromatic N) is 3. The van der Waals surface area contributed by atoms with Gasteiger partial charge >= 0.3 is 0 Å². The summed E-state index contributed by atoms with van der Waals surface area (Å²) in [6, 6.07) is 15.2. The van der Waals surface area contributed by atoms with Crippen molar-refractivity contribution >= 4 is 22.3 Å². The molecule has 0 saturated heterocycles. The van der Waals surface area contributed by atoms with Gasteiger partial charge in [-0.15, -0.1) is 0 Å². The highest BCUT2D eigenvalue weighted by atomic mass is 19.1. The summed E-state index contributed by atoms with van der Waals surface area (Å²) in [7, 11) is 0. The topological polar surface area (TPSA) is 82.5 Å². The number of imidazole rings is 1. The number of rotatable bonds is 8. The van der Waals surface area contributed by atoms with Crippen LogP contribution in [-0.2, 0) is 6.61 Å². The molecule has 3 heterocycles. The molecule has 2 N–H and O–H groups in total. The van der Waals surface area contributed by atoms with Crippen LogP contribution in [0.15, 0.2) is 67.0 Å². The van der Waals surface area contributed by atoms with Gasteiger partial charge in [0, 0.05) is 30.1 Å². The van der Waals surface area contributed by atoms with Crippen molar-refractivity contribution in [2.45, 2.75) is 32.8 Å². The van der Waals surface area contributed by atoms with Crippen LogP contribution in [0, 0.1) is 25.5 Å². The van der Waals surface area contributed by atoms with Gasteiger partial charge in [0.1, 0.15) is 23.9 Å². The van der Waals surface area contributed by atoms with E-state index >= 15 is 0 Å². The molecule has 37 heavy (non-hydrogen) atoms. The molecule has 1 unspecified atom stereocenters. The minimum atomic E-state index is -0.684. The van der Waals surface area contributed by atoms with Crippen LogP contribution in [0.1, 0.15) is 45.2 Å². The molecule has 5 aromatic rings. The molecule has 5 rings (SSSR count). The van der Waals surface area contributed by atoms with Crippen LogP contribution in [0.5, 0.6) is 5.75 Å². The van der Waals surface area contributed by atoms with Gasteiger partial charge in [-0.05, 0) is 67.9 Å². The minimum absolute atomic E-state index is 0.108. The molecule has 0 saturated carbocycles. The number of benzene rings is 2. The van der Waals surface area contributed by atoms with Crippen LogP contribution < -0.4 is 10.5 Å². The third-order valence-electron chi connectivity index (χ3n) is 6.51. The van der Waals surface area contributed by atoms with Crippen LogP contribution in [0.4, 0.5) is 8.78 Å². The molecule has 1 atom stereocenters. The Labute approximate surface area is 212 Å². The highest BCUT2D eigenvalue weighted by Gasteiger charge is 2.23. The summed E-state index contributed by atoms with van der Waals surface area (Å²) in [4.78, 5) is 22.5. The van der Waals surface area contributed by atoms with E-state index in [-0.39, 0.29) is 30.3 Å². The molecule has 0 radical (unpaired) electrons. The lowest BCUT2D eigenvalue weighted by atomic mass is 9.91. The average Bonchev–Trinajstić information content (AvgIpc) is 3.22. The number of ether oxygens (including phenoxy) is 1. The van der Waals surface area contributed by atoms with E-state index in [0.717, 1.165) is 22.0 Å². The number of aromatic nitrogens is 3. The normalized spacial score (nSPS) is 12.2. The molecule has 188 valence electrons. The van der Waals surface area contributed by atoms with E-state index in [9.17, 15) is 13.6 Å². The van der Waals surface area contributed by atoms with Crippen molar-refractivity contribution in [1.82, 2.24) is 14.4 Å². The Morgan fingerprint density at radius 3 is 2.62 bits per heavy atom. The van der Waals surface area contributed by atoms with Crippen LogP contribution >= 0.6 is 0 Å². The Bertz CT molecular complexity index is 1610. The molecule has 0 aliphatic carbocycles. The number of pyridine rings is 2. The van der Waals surface area contributed by atoms with Crippen molar-refractivity contribution in [3.8, 4) is 5.75 Å². The highest BCUT2D eigenvalue weighted by molar-refractivity contribution is 5.97. The zero-order valence-corrected chi connectivity index (χ0v) is 20.5. The number of fused-ring (bicyclic) bond motifs is 2. The van der Waals surface area contributed by atoms with Gasteiger partial charge in [0.25, 0.3) is 0 Å². The van der Waals surface area contributed by atoms with Crippen molar-refractivity contribution in [3.63, 3.8) is 0 Å². The van der Waals surface area contributed by atoms with Crippen molar-refractivity contribution in [1.29, 1.82) is 0 Å². The maximum atomic E-state index is 14.1. The molecule has 6 nitrogen and oxygen atoms in total. The lowest BCUT2D eigenvalue weighted by Crippen LogP contribution is -2.18. The van der Waals surface area contributed by atoms with E-state index in [1.54, 1.807) is 29.8 Å². The Hall–Kier alpha value is -4.17. The number of Topliss-reactive ketones (excluding diaryl/α,β-unsaturated/α-hetero) is 1. The third kappa shape index (κ3) is 4.80. The second-order valence-electron chi connectivity index (χ2n) is 9.13. The molecule has 8 heteroatoms. The molecule has 0 aliphatic heterocycles. The van der Waals surface area contributed by atoms with Gasteiger partial charge in [-0.25, -0.2) is 13.8 Å². The molecule has 3 aromatic heterocycles. The molecular formula is C29H26F2N4O2. The SMILES string of the molecule is Cc1cc(OCc2c(F)cccc2F)c2nc(C)c(C(=O)CC(CN)c3ccc4ncccc4c3)n2c1. The second-order valence-corrected chi connectivity index (χ2v) is 9.13. The van der Waals surface area contributed by atoms with Gasteiger partial charge in [0.15, 0.2) is 17.2 Å². The quantitative estimate of drug-likeness (QED) is 0.278. The van der Waals surface area contributed by atoms with Gasteiger partial charge in [-0.2, -0.15) is 0 Å². The summed E-state index contributed by atoms with van der Waals surface area (Å²) >= 11 is 0. The Morgan fingerprint density at radius 2 is 1.86 bits per heavy atom. The number of hydrogen-bond donors (Lipinski definition) is 1. The van der Waals surface area contributed by atoms with E-state index in [1.165, 1.54) is 18.2 Å². The van der Waals surface area contributed by atoms with E-state index in [1.807, 2.05) is 37.3 Å². The summed E-state index contributed by atoms with van der Waals surface area (Å²) < 4.78 is 35.7. The molecular weight excluding hydrogens is 474 g/mol. The first-order chi connectivity index (χ1) is 17.9. The van der Waals surface area contributed by atoms with Crippen molar-refractivity contribution in [2.75, 3.05) is 6.54 Å². The van der Waals surface area contributed by atoms with Gasteiger partial charge in [-0.3, -0.25) is 14.2 Å². The van der Waals surface area contributed by atoms with Gasteiger partial charge < -0.3 is 10.5 Å². The lowest BCUT2D eigenvalue weighted by molar-refractivity contribution is 0.0968. The highest BCUT2D eigenvalue weighted by Crippen LogP contribution is 2.29. The molecule has 0 bridgehead atoms. The fourth-order valence-corrected chi connectivity index (χ4v) is 4.63. The number of aryl methyl sites for hydroxylation is 2. The molecule has 2 aromatic carbocycles. The number of carbonyl (C=O) groups is 1. The Morgan fingerprint density at radius 1 is 1.08 bits per heavy atom. The lowest BCUT2D eigenvalue weighted by Gasteiger charge is -2.16. The maximum Gasteiger partial charge on any atom is 0.182 e. The standard InChI is InChI=1S/C29H26F2N4O2/c1-17-11-27(37-16-22-23(30)6-3-7-24(22)31)29-34-18(2)28(35(29)15-17)26(36)13-21(14-32)19-8-9-25-20(12-19)5-4-10-33-25/h3-12,15,21H,13-14,16,32H2,1-2H3. The third-order valence-corrected chi connectivity index (χ3v) is 6.51. The minimum Gasteiger partial charge on any atom is -0.485 e. The summed E-state index contributed by atoms with van der Waals surface area (Å²) in [6.07, 6.45) is 3.74. The maximum absolute atomic E-state index is 14.1. The van der Waals surface area contributed by atoms with E-state index in [0.29, 0.717) is 29.3 Å². The average molecular weight is 501 g/mol. The smallest absolute Gasteiger partial charge is 0.182 e. The van der Waals surface area contributed by atoms with E-state index in [2.05, 4.69) is 9.97 Å². The first-order valence-corrected chi connectivity index (χ1v) is 12.0. The number of carbonyl (C=O) groups excluding carboxylic acids is 1. The summed E-state index contributed by atoms with van der Waals surface area (Å²) in [5.41, 5.74) is 9.96. The predicted molar refractivity (Wildman–Crippen MR) is 138 cm³/mol. The fourth-order valence-electron chi connectivity index (χ4n) is 4.63. The van der Waals surface area contributed by atoms with Crippen molar-refractivity contribution in [2.24, 2.45) is 5.73 Å². The summed E-state index contributed by atoms with van der Waals surface area (Å²) in [5.74, 6) is -1.33. The van der Waals surface area contributed by atoms with Crippen molar-refractivity contribution in [3.05, 3.63) is 107 Å². The molecule has 0 aliphatic rings. The fraction of sp³-hybridized carbons (Fsp3) is 0.207. The Balaban J connectivity index is 1.45. The Kier molecular flexibility index (Phi) is 6.67. The van der Waals surface area contributed by atoms with Crippen LogP contribution in [0.25, 0.3) is 16.6 Å². The predicted octanol–water partition coefficient (Wildman–Crippen LogP) is 5.67. The van der Waals surface area contributed by atoms with Crippen LogP contribution in [-0.4, -0.2) is 26.7 Å². The number of hydrogen-bond acceptors (Lipinski definition) is 5. The summed E-state index contributed by atoms with van der Waals surface area (Å²) in [5, 5.41) is 0.987. The van der Waals surface area contributed by atoms with E-state index in [4.69, 9.17) is 10.5 Å². The largest absolute Gasteiger partial charge is 0.485 e. The van der Waals surface area contributed by atoms with E-state index < -0.39 is 11.6 Å². The number of ketones is 1. The van der Waals surface area contributed by atoms with Crippen LogP contribution in [0.2, 0.25) is 0 Å². The van der Waals surface area contributed by atoms with Gasteiger partial charge in [-0.1, -0.05) is 18.2 Å². The molecule has 0 amide bonds. The zero-order valence-electron chi connectivity index (χ0n) is 20.5. The number of halogens is 2. The summed E-state index contributed by atoms with van der Waals surface area (Å²) in [6.45, 7) is 3.61. The zero-order chi connectivity index (χ0) is 26.1. The van der Waals surface area contributed by atoms with Crippen molar-refractivity contribution < 1.29 is 18.3 Å². The number of nitrogens with two attached hydrogens (primary N) is 1. The van der Waals surface area contributed by atoms with Gasteiger partial charge in [0.2, 0.25) is 0 Å². The van der Waals surface area contributed by atoms with Crippen LogP contribution in [0.3, 0.4) is 0 Å². The molecule has 0 fully saturated rings. The first-order valence-electron chi connectivity index (χ1n) is 12.0. The molecule has 0 spiro atoms. The monoisotopic (exact) mass is 500 g/mol. The second kappa shape index (κ2) is 10.1. The van der Waals surface area contributed by atoms with Gasteiger partial charge in [0.05, 0.1) is 16.8 Å².